The summed E-state index contributed by atoms with van der Waals surface area (Å²) in [6, 6.07) is 9.42. The van der Waals surface area contributed by atoms with E-state index in [1.54, 1.807) is 22.0 Å². The summed E-state index contributed by atoms with van der Waals surface area (Å²) in [5.74, 6) is 0.153. The number of fused-ring (bicyclic) bond motifs is 1. The van der Waals surface area contributed by atoms with Gasteiger partial charge in [0.15, 0.2) is 5.16 Å². The normalized spacial score (nSPS) is 11.0. The molecule has 0 aliphatic rings. The molecule has 0 bridgehead atoms. The number of aromatic nitrogens is 2. The number of nitrogens with zero attached hydrogens (tertiary/aromatic N) is 2. The smallest absolute Gasteiger partial charge is 0.262 e. The van der Waals surface area contributed by atoms with Crippen molar-refractivity contribution >= 4 is 55.8 Å². The Morgan fingerprint density at radius 1 is 1.38 bits per heavy atom. The van der Waals surface area contributed by atoms with E-state index in [4.69, 9.17) is 0 Å². The summed E-state index contributed by atoms with van der Waals surface area (Å²) in [7, 11) is 0. The van der Waals surface area contributed by atoms with Crippen LogP contribution in [0.25, 0.3) is 10.9 Å². The van der Waals surface area contributed by atoms with Gasteiger partial charge < -0.3 is 5.32 Å². The quantitative estimate of drug-likeness (QED) is 0.434. The predicted molar refractivity (Wildman–Crippen MR) is 111 cm³/mol. The molecule has 1 N–H and O–H groups in total. The van der Waals surface area contributed by atoms with Gasteiger partial charge in [-0.15, -0.1) is 11.3 Å². The summed E-state index contributed by atoms with van der Waals surface area (Å²) in [6.45, 7) is 3.12. The van der Waals surface area contributed by atoms with Gasteiger partial charge in [0.05, 0.1) is 23.2 Å². The predicted octanol–water partition coefficient (Wildman–Crippen LogP) is 4.04. The lowest BCUT2D eigenvalue weighted by Gasteiger charge is -2.12. The molecule has 0 aliphatic carbocycles. The van der Waals surface area contributed by atoms with E-state index in [1.165, 1.54) is 11.8 Å². The highest BCUT2D eigenvalue weighted by Crippen LogP contribution is 2.21. The largest absolute Gasteiger partial charge is 0.350 e. The van der Waals surface area contributed by atoms with Crippen molar-refractivity contribution in [1.82, 2.24) is 14.9 Å². The van der Waals surface area contributed by atoms with Gasteiger partial charge in [0, 0.05) is 15.9 Å². The lowest BCUT2D eigenvalue weighted by Crippen LogP contribution is -2.26. The standard InChI is InChI=1S/C18H18BrN3O2S2/c1-2-7-22-17(24)14-9-12(19)5-6-15(14)21-18(22)26-11-16(23)20-10-13-4-3-8-25-13/h3-6,8-9H,2,7,10-11H2,1H3,(H,20,23). The molecular formula is C18H18BrN3O2S2. The molecule has 0 fully saturated rings. The van der Waals surface area contributed by atoms with Crippen molar-refractivity contribution in [3.05, 3.63) is 55.4 Å². The molecule has 2 heterocycles. The zero-order chi connectivity index (χ0) is 18.5. The maximum atomic E-state index is 12.8. The summed E-state index contributed by atoms with van der Waals surface area (Å²) in [5.41, 5.74) is 0.576. The molecular weight excluding hydrogens is 434 g/mol. The highest BCUT2D eigenvalue weighted by atomic mass is 79.9. The first-order chi connectivity index (χ1) is 12.6. The van der Waals surface area contributed by atoms with Crippen molar-refractivity contribution in [3.8, 4) is 0 Å². The van der Waals surface area contributed by atoms with Crippen molar-refractivity contribution in [1.29, 1.82) is 0 Å². The second-order valence-corrected chi connectivity index (χ2v) is 8.55. The first-order valence-electron chi connectivity index (χ1n) is 8.20. The van der Waals surface area contributed by atoms with Gasteiger partial charge in [-0.2, -0.15) is 0 Å². The molecule has 3 rings (SSSR count). The molecule has 8 heteroatoms. The Bertz CT molecular complexity index is 970. The van der Waals surface area contributed by atoms with E-state index >= 15 is 0 Å². The molecule has 5 nitrogen and oxygen atoms in total. The van der Waals surface area contributed by atoms with Crippen molar-refractivity contribution < 1.29 is 4.79 Å². The fraction of sp³-hybridized carbons (Fsp3) is 0.278. The highest BCUT2D eigenvalue weighted by Gasteiger charge is 2.13. The molecule has 0 saturated heterocycles. The molecule has 0 spiro atoms. The summed E-state index contributed by atoms with van der Waals surface area (Å²) in [4.78, 5) is 30.6. The molecule has 26 heavy (non-hydrogen) atoms. The van der Waals surface area contributed by atoms with Crippen molar-refractivity contribution in [3.63, 3.8) is 0 Å². The number of rotatable bonds is 7. The molecule has 0 aliphatic heterocycles. The number of thioether (sulfide) groups is 1. The van der Waals surface area contributed by atoms with Gasteiger partial charge in [0.2, 0.25) is 5.91 Å². The van der Waals surface area contributed by atoms with Gasteiger partial charge >= 0.3 is 0 Å². The molecule has 2 aromatic heterocycles. The summed E-state index contributed by atoms with van der Waals surface area (Å²) >= 11 is 6.31. The molecule has 0 saturated carbocycles. The fourth-order valence-electron chi connectivity index (χ4n) is 2.48. The monoisotopic (exact) mass is 451 g/mol. The van der Waals surface area contributed by atoms with Gasteiger partial charge in [-0.3, -0.25) is 14.2 Å². The molecule has 0 unspecified atom stereocenters. The topological polar surface area (TPSA) is 64.0 Å². The minimum Gasteiger partial charge on any atom is -0.350 e. The van der Waals surface area contributed by atoms with E-state index in [-0.39, 0.29) is 17.2 Å². The maximum absolute atomic E-state index is 12.8. The van der Waals surface area contributed by atoms with E-state index in [0.29, 0.717) is 29.1 Å². The Morgan fingerprint density at radius 2 is 2.23 bits per heavy atom. The molecule has 136 valence electrons. The highest BCUT2D eigenvalue weighted by molar-refractivity contribution is 9.10. The SMILES string of the molecule is CCCn1c(SCC(=O)NCc2cccs2)nc2ccc(Br)cc2c1=O. The van der Waals surface area contributed by atoms with E-state index < -0.39 is 0 Å². The summed E-state index contributed by atoms with van der Waals surface area (Å²) < 4.78 is 2.51. The van der Waals surface area contributed by atoms with Crippen LogP contribution in [0.1, 0.15) is 18.2 Å². The van der Waals surface area contributed by atoms with Crippen LogP contribution in [-0.2, 0) is 17.9 Å². The zero-order valence-corrected chi connectivity index (χ0v) is 17.4. The second-order valence-electron chi connectivity index (χ2n) is 5.66. The van der Waals surface area contributed by atoms with E-state index in [1.807, 2.05) is 36.6 Å². The van der Waals surface area contributed by atoms with Gasteiger partial charge in [0.1, 0.15) is 0 Å². The summed E-state index contributed by atoms with van der Waals surface area (Å²) in [6.07, 6.45) is 0.819. The van der Waals surface area contributed by atoms with Crippen molar-refractivity contribution in [2.75, 3.05) is 5.75 Å². The second kappa shape index (κ2) is 8.83. The van der Waals surface area contributed by atoms with Crippen LogP contribution in [0, 0.1) is 0 Å². The molecule has 1 aromatic carbocycles. The lowest BCUT2D eigenvalue weighted by atomic mass is 10.2. The number of halogens is 1. The number of nitrogens with one attached hydrogen (secondary N) is 1. The Balaban J connectivity index is 1.77. The van der Waals surface area contributed by atoms with E-state index in [2.05, 4.69) is 26.2 Å². The minimum absolute atomic E-state index is 0.0698. The van der Waals surface area contributed by atoms with Crippen LogP contribution >= 0.6 is 39.0 Å². The Morgan fingerprint density at radius 3 is 2.96 bits per heavy atom. The average molecular weight is 452 g/mol. The first kappa shape index (κ1) is 19.1. The minimum atomic E-state index is -0.0726. The molecule has 0 atom stereocenters. The number of carbonyl (C=O) groups excluding carboxylic acids is 1. The Hall–Kier alpha value is -1.64. The van der Waals surface area contributed by atoms with Gasteiger partial charge in [-0.1, -0.05) is 40.7 Å². The maximum Gasteiger partial charge on any atom is 0.262 e. The molecule has 1 amide bonds. The third kappa shape index (κ3) is 4.55. The number of carbonyl (C=O) groups is 1. The number of thiophene rings is 1. The number of hydrogen-bond donors (Lipinski definition) is 1. The van der Waals surface area contributed by atoms with Gasteiger partial charge in [0.25, 0.3) is 5.56 Å². The molecule has 3 aromatic rings. The zero-order valence-electron chi connectivity index (χ0n) is 14.2. The lowest BCUT2D eigenvalue weighted by molar-refractivity contribution is -0.118. The van der Waals surface area contributed by atoms with Crippen molar-refractivity contribution in [2.24, 2.45) is 0 Å². The summed E-state index contributed by atoms with van der Waals surface area (Å²) in [5, 5.41) is 6.04. The van der Waals surface area contributed by atoms with Crippen LogP contribution in [0.3, 0.4) is 0 Å². The van der Waals surface area contributed by atoms with Crippen molar-refractivity contribution in [2.45, 2.75) is 31.6 Å². The Kier molecular flexibility index (Phi) is 6.50. The number of hydrogen-bond acceptors (Lipinski definition) is 5. The third-order valence-corrected chi connectivity index (χ3v) is 6.05. The third-order valence-electron chi connectivity index (χ3n) is 3.70. The van der Waals surface area contributed by atoms with Crippen LogP contribution in [0.15, 0.2) is 50.1 Å². The van der Waals surface area contributed by atoms with Crippen LogP contribution in [0.4, 0.5) is 0 Å². The van der Waals surface area contributed by atoms with Gasteiger partial charge in [-0.05, 0) is 36.1 Å². The molecule has 0 radical (unpaired) electrons. The number of amides is 1. The average Bonchev–Trinajstić information content (AvgIpc) is 3.15. The van der Waals surface area contributed by atoms with Crippen LogP contribution in [0.5, 0.6) is 0 Å². The van der Waals surface area contributed by atoms with E-state index in [9.17, 15) is 9.59 Å². The van der Waals surface area contributed by atoms with Crippen LogP contribution in [0.2, 0.25) is 0 Å². The van der Waals surface area contributed by atoms with E-state index in [0.717, 1.165) is 15.8 Å². The Labute approximate surface area is 168 Å². The van der Waals surface area contributed by atoms with Crippen LogP contribution < -0.4 is 10.9 Å². The number of benzene rings is 1. The van der Waals surface area contributed by atoms with Crippen LogP contribution in [-0.4, -0.2) is 21.2 Å². The van der Waals surface area contributed by atoms with Gasteiger partial charge in [-0.25, -0.2) is 4.98 Å². The first-order valence-corrected chi connectivity index (χ1v) is 10.9. The fourth-order valence-corrected chi connectivity index (χ4v) is 4.34.